The zero-order valence-electron chi connectivity index (χ0n) is 6.46. The van der Waals surface area contributed by atoms with Gasteiger partial charge in [-0.2, -0.15) is 0 Å². The number of hydrogen-bond acceptors (Lipinski definition) is 3. The van der Waals surface area contributed by atoms with Crippen LogP contribution in [0, 0.1) is 0 Å². The van der Waals surface area contributed by atoms with Gasteiger partial charge in [0.1, 0.15) is 6.61 Å². The predicted octanol–water partition coefficient (Wildman–Crippen LogP) is 0.840. The molecule has 1 amide bonds. The maximum Gasteiger partial charge on any atom is 0.316 e. The summed E-state index contributed by atoms with van der Waals surface area (Å²) in [6, 6.07) is 0. The van der Waals surface area contributed by atoms with Crippen molar-refractivity contribution < 1.29 is 14.3 Å². The molecule has 0 atom stereocenters. The van der Waals surface area contributed by atoms with Crippen LogP contribution < -0.4 is 0 Å². The first-order valence-corrected chi connectivity index (χ1v) is 3.46. The molecule has 0 rings (SSSR count). The first-order valence-electron chi connectivity index (χ1n) is 3.08. The molecule has 0 unspecified atom stereocenters. The van der Waals surface area contributed by atoms with E-state index < -0.39 is 5.37 Å². The van der Waals surface area contributed by atoms with Crippen LogP contribution in [-0.4, -0.2) is 36.4 Å². The van der Waals surface area contributed by atoms with Crippen molar-refractivity contribution in [2.24, 2.45) is 0 Å². The second kappa shape index (κ2) is 4.96. The van der Waals surface area contributed by atoms with E-state index in [9.17, 15) is 9.59 Å². The van der Waals surface area contributed by atoms with E-state index in [1.165, 1.54) is 18.9 Å². The summed E-state index contributed by atoms with van der Waals surface area (Å²) < 4.78 is 4.57. The van der Waals surface area contributed by atoms with Crippen LogP contribution in [0.5, 0.6) is 0 Å². The molecule has 11 heavy (non-hydrogen) atoms. The molecule has 0 saturated heterocycles. The standard InChI is InChI=1S/C6H10ClNO3/c1-5(9)11-4-3-8(2)6(7)10/h3-4H2,1-2H3. The van der Waals surface area contributed by atoms with E-state index in [1.54, 1.807) is 0 Å². The Labute approximate surface area is 70.1 Å². The van der Waals surface area contributed by atoms with Crippen molar-refractivity contribution in [1.82, 2.24) is 4.90 Å². The molecule has 0 aromatic carbocycles. The van der Waals surface area contributed by atoms with Gasteiger partial charge >= 0.3 is 11.3 Å². The molecule has 0 spiro atoms. The third-order valence-electron chi connectivity index (χ3n) is 1.03. The smallest absolute Gasteiger partial charge is 0.316 e. The number of likely N-dealkylation sites (N-methyl/N-ethyl adjacent to an activating group) is 1. The Morgan fingerprint density at radius 3 is 2.45 bits per heavy atom. The van der Waals surface area contributed by atoms with Crippen LogP contribution in [0.25, 0.3) is 0 Å². The average Bonchev–Trinajstić information content (AvgIpc) is 1.86. The Morgan fingerprint density at radius 2 is 2.09 bits per heavy atom. The molecule has 0 aliphatic rings. The molecule has 0 N–H and O–H groups in total. The predicted molar refractivity (Wildman–Crippen MR) is 40.5 cm³/mol. The van der Waals surface area contributed by atoms with Crippen LogP contribution in [0.3, 0.4) is 0 Å². The average molecular weight is 180 g/mol. The summed E-state index contributed by atoms with van der Waals surface area (Å²) in [7, 11) is 1.53. The minimum Gasteiger partial charge on any atom is -0.464 e. The fourth-order valence-electron chi connectivity index (χ4n) is 0.414. The molecule has 4 nitrogen and oxygen atoms in total. The van der Waals surface area contributed by atoms with Crippen LogP contribution in [0.1, 0.15) is 6.92 Å². The van der Waals surface area contributed by atoms with Gasteiger partial charge in [-0.05, 0) is 11.6 Å². The summed E-state index contributed by atoms with van der Waals surface area (Å²) in [6.45, 7) is 1.81. The Hall–Kier alpha value is -0.770. The normalized spacial score (nSPS) is 9.00. The van der Waals surface area contributed by atoms with Crippen molar-refractivity contribution in [1.29, 1.82) is 0 Å². The summed E-state index contributed by atoms with van der Waals surface area (Å²) in [4.78, 5) is 21.9. The highest BCUT2D eigenvalue weighted by atomic mass is 35.5. The SMILES string of the molecule is CC(=O)OCCN(C)C(=O)Cl. The van der Waals surface area contributed by atoms with Crippen LogP contribution in [-0.2, 0) is 9.53 Å². The van der Waals surface area contributed by atoms with E-state index in [1.807, 2.05) is 0 Å². The van der Waals surface area contributed by atoms with Gasteiger partial charge in [-0.25, -0.2) is 0 Å². The van der Waals surface area contributed by atoms with Gasteiger partial charge in [0.15, 0.2) is 0 Å². The summed E-state index contributed by atoms with van der Waals surface area (Å²) in [5.41, 5.74) is 0. The molecule has 64 valence electrons. The van der Waals surface area contributed by atoms with Crippen molar-refractivity contribution >= 4 is 22.9 Å². The van der Waals surface area contributed by atoms with Crippen LogP contribution in [0.4, 0.5) is 4.79 Å². The fraction of sp³-hybridized carbons (Fsp3) is 0.667. The van der Waals surface area contributed by atoms with Gasteiger partial charge < -0.3 is 9.64 Å². The van der Waals surface area contributed by atoms with Gasteiger partial charge in [-0.15, -0.1) is 0 Å². The summed E-state index contributed by atoms with van der Waals surface area (Å²) in [6.07, 6.45) is 0. The van der Waals surface area contributed by atoms with Gasteiger partial charge in [-0.3, -0.25) is 9.59 Å². The van der Waals surface area contributed by atoms with E-state index >= 15 is 0 Å². The minimum absolute atomic E-state index is 0.185. The molecule has 0 radical (unpaired) electrons. The molecular formula is C6H10ClNO3. The van der Waals surface area contributed by atoms with Crippen LogP contribution in [0.2, 0.25) is 0 Å². The van der Waals surface area contributed by atoms with E-state index in [4.69, 9.17) is 11.6 Å². The van der Waals surface area contributed by atoms with Crippen LogP contribution in [0.15, 0.2) is 0 Å². The second-order valence-corrected chi connectivity index (χ2v) is 2.34. The number of carbonyl (C=O) groups is 2. The van der Waals surface area contributed by atoms with Gasteiger partial charge in [-0.1, -0.05) is 0 Å². The molecule has 0 heterocycles. The van der Waals surface area contributed by atoms with Gasteiger partial charge in [0.05, 0.1) is 6.54 Å². The van der Waals surface area contributed by atoms with Crippen LogP contribution >= 0.6 is 11.6 Å². The van der Waals surface area contributed by atoms with E-state index in [0.29, 0.717) is 6.54 Å². The highest BCUT2D eigenvalue weighted by Crippen LogP contribution is 1.91. The molecule has 0 saturated carbocycles. The molecule has 0 bridgehead atoms. The molecule has 0 aromatic heterocycles. The molecule has 0 aliphatic carbocycles. The van der Waals surface area contributed by atoms with Crippen molar-refractivity contribution in [3.63, 3.8) is 0 Å². The van der Waals surface area contributed by atoms with E-state index in [0.717, 1.165) is 0 Å². The van der Waals surface area contributed by atoms with Gasteiger partial charge in [0, 0.05) is 14.0 Å². The van der Waals surface area contributed by atoms with Crippen molar-refractivity contribution in [2.45, 2.75) is 6.92 Å². The molecule has 0 fully saturated rings. The second-order valence-electron chi connectivity index (χ2n) is 2.01. The lowest BCUT2D eigenvalue weighted by Crippen LogP contribution is -2.25. The Bertz CT molecular complexity index is 160. The monoisotopic (exact) mass is 179 g/mol. The summed E-state index contributed by atoms with van der Waals surface area (Å²) >= 11 is 5.09. The third kappa shape index (κ3) is 5.66. The minimum atomic E-state index is -0.558. The Morgan fingerprint density at radius 1 is 1.55 bits per heavy atom. The van der Waals surface area contributed by atoms with Crippen molar-refractivity contribution in [3.8, 4) is 0 Å². The van der Waals surface area contributed by atoms with E-state index in [-0.39, 0.29) is 12.6 Å². The number of nitrogens with zero attached hydrogens (tertiary/aromatic N) is 1. The zero-order chi connectivity index (χ0) is 8.85. The maximum atomic E-state index is 10.4. The number of esters is 1. The zero-order valence-corrected chi connectivity index (χ0v) is 7.22. The number of hydrogen-bond donors (Lipinski definition) is 0. The third-order valence-corrected chi connectivity index (χ3v) is 1.32. The first kappa shape index (κ1) is 10.2. The number of ether oxygens (including phenoxy) is 1. The largest absolute Gasteiger partial charge is 0.464 e. The highest BCUT2D eigenvalue weighted by Gasteiger charge is 2.03. The fourth-order valence-corrected chi connectivity index (χ4v) is 0.499. The highest BCUT2D eigenvalue weighted by molar-refractivity contribution is 6.62. The lowest BCUT2D eigenvalue weighted by Gasteiger charge is -2.11. The summed E-state index contributed by atoms with van der Waals surface area (Å²) in [5, 5.41) is -0.558. The Kier molecular flexibility index (Phi) is 4.61. The van der Waals surface area contributed by atoms with E-state index in [2.05, 4.69) is 4.74 Å². The molecular weight excluding hydrogens is 170 g/mol. The first-order chi connectivity index (χ1) is 5.04. The molecule has 0 aromatic rings. The quantitative estimate of drug-likeness (QED) is 0.367. The number of rotatable bonds is 3. The number of amides is 1. The number of halogens is 1. The van der Waals surface area contributed by atoms with Crippen molar-refractivity contribution in [3.05, 3.63) is 0 Å². The van der Waals surface area contributed by atoms with Gasteiger partial charge in [0.2, 0.25) is 0 Å². The van der Waals surface area contributed by atoms with Crippen molar-refractivity contribution in [2.75, 3.05) is 20.2 Å². The Balaban J connectivity index is 3.39. The summed E-state index contributed by atoms with van der Waals surface area (Å²) in [5.74, 6) is -0.361. The van der Waals surface area contributed by atoms with Gasteiger partial charge in [0.25, 0.3) is 0 Å². The lowest BCUT2D eigenvalue weighted by atomic mass is 10.6. The maximum absolute atomic E-state index is 10.4. The number of carbonyl (C=O) groups excluding carboxylic acids is 2. The lowest BCUT2D eigenvalue weighted by molar-refractivity contribution is -0.141. The molecule has 0 aliphatic heterocycles. The molecule has 5 heteroatoms. The topological polar surface area (TPSA) is 46.6 Å².